The van der Waals surface area contributed by atoms with Gasteiger partial charge in [-0.05, 0) is 54.4 Å². The predicted molar refractivity (Wildman–Crippen MR) is 99.2 cm³/mol. The molecular formula is C22H18O4. The van der Waals surface area contributed by atoms with Crippen molar-refractivity contribution in [3.8, 4) is 16.9 Å². The van der Waals surface area contributed by atoms with Crippen LogP contribution in [-0.4, -0.2) is 18.5 Å². The number of esters is 2. The summed E-state index contributed by atoms with van der Waals surface area (Å²) in [4.78, 5) is 23.9. The van der Waals surface area contributed by atoms with Gasteiger partial charge in [0, 0.05) is 0 Å². The lowest BCUT2D eigenvalue weighted by Gasteiger charge is -2.07. The molecule has 0 aliphatic heterocycles. The van der Waals surface area contributed by atoms with Crippen LogP contribution in [0.25, 0.3) is 11.1 Å². The molecular weight excluding hydrogens is 328 g/mol. The summed E-state index contributed by atoms with van der Waals surface area (Å²) in [5.74, 6) is -0.481. The molecule has 0 bridgehead atoms. The van der Waals surface area contributed by atoms with Crippen molar-refractivity contribution in [1.29, 1.82) is 0 Å². The normalized spacial score (nSPS) is 10.2. The Balaban J connectivity index is 1.67. The molecule has 3 aromatic carbocycles. The van der Waals surface area contributed by atoms with Crippen molar-refractivity contribution < 1.29 is 19.1 Å². The van der Waals surface area contributed by atoms with Crippen LogP contribution in [0.15, 0.2) is 78.9 Å². The fourth-order valence-electron chi connectivity index (χ4n) is 2.47. The predicted octanol–water partition coefficient (Wildman–Crippen LogP) is 4.75. The Morgan fingerprint density at radius 3 is 1.85 bits per heavy atom. The number of hydrogen-bond acceptors (Lipinski definition) is 4. The van der Waals surface area contributed by atoms with Crippen molar-refractivity contribution in [2.45, 2.75) is 6.92 Å². The van der Waals surface area contributed by atoms with E-state index in [-0.39, 0.29) is 0 Å². The molecule has 3 rings (SSSR count). The topological polar surface area (TPSA) is 52.6 Å². The minimum absolute atomic E-state index is 0.314. The van der Waals surface area contributed by atoms with Crippen LogP contribution in [0.5, 0.6) is 5.75 Å². The minimum Gasteiger partial charge on any atom is -0.462 e. The molecule has 0 aromatic heterocycles. The molecule has 0 atom stereocenters. The molecule has 0 fully saturated rings. The molecule has 0 saturated heterocycles. The Bertz CT molecular complexity index is 882. The quantitative estimate of drug-likeness (QED) is 0.494. The molecule has 0 unspecified atom stereocenters. The number of hydrogen-bond donors (Lipinski definition) is 0. The summed E-state index contributed by atoms with van der Waals surface area (Å²) in [6.07, 6.45) is 0. The van der Waals surface area contributed by atoms with E-state index in [0.717, 1.165) is 11.1 Å². The fraction of sp³-hybridized carbons (Fsp3) is 0.0909. The second-order valence-corrected chi connectivity index (χ2v) is 5.58. The zero-order valence-electron chi connectivity index (χ0n) is 14.3. The lowest BCUT2D eigenvalue weighted by atomic mass is 10.0. The lowest BCUT2D eigenvalue weighted by Crippen LogP contribution is -2.09. The maximum atomic E-state index is 12.3. The number of carbonyl (C=O) groups is 2. The molecule has 0 aliphatic rings. The van der Waals surface area contributed by atoms with Gasteiger partial charge < -0.3 is 9.47 Å². The van der Waals surface area contributed by atoms with Crippen molar-refractivity contribution in [3.63, 3.8) is 0 Å². The lowest BCUT2D eigenvalue weighted by molar-refractivity contribution is 0.0526. The fourth-order valence-corrected chi connectivity index (χ4v) is 2.47. The first-order valence-electron chi connectivity index (χ1n) is 8.32. The molecule has 0 spiro atoms. The van der Waals surface area contributed by atoms with Gasteiger partial charge in [0.05, 0.1) is 17.7 Å². The van der Waals surface area contributed by atoms with Crippen LogP contribution in [0.3, 0.4) is 0 Å². The first-order chi connectivity index (χ1) is 12.7. The van der Waals surface area contributed by atoms with Gasteiger partial charge >= 0.3 is 11.9 Å². The maximum absolute atomic E-state index is 12.3. The molecule has 0 aliphatic carbocycles. The zero-order valence-corrected chi connectivity index (χ0v) is 14.3. The molecule has 4 nitrogen and oxygen atoms in total. The third kappa shape index (κ3) is 4.16. The van der Waals surface area contributed by atoms with Gasteiger partial charge in [-0.2, -0.15) is 0 Å². The average Bonchev–Trinajstić information content (AvgIpc) is 2.69. The van der Waals surface area contributed by atoms with Crippen molar-refractivity contribution in [1.82, 2.24) is 0 Å². The van der Waals surface area contributed by atoms with E-state index in [1.165, 1.54) is 0 Å². The van der Waals surface area contributed by atoms with Crippen LogP contribution in [0, 0.1) is 0 Å². The van der Waals surface area contributed by atoms with Crippen LogP contribution in [-0.2, 0) is 4.74 Å². The van der Waals surface area contributed by atoms with Gasteiger partial charge in [0.1, 0.15) is 5.75 Å². The average molecular weight is 346 g/mol. The Hall–Kier alpha value is -3.40. The Morgan fingerprint density at radius 2 is 1.23 bits per heavy atom. The van der Waals surface area contributed by atoms with Crippen molar-refractivity contribution in [3.05, 3.63) is 90.0 Å². The summed E-state index contributed by atoms with van der Waals surface area (Å²) in [6.45, 7) is 2.06. The molecule has 130 valence electrons. The Kier molecular flexibility index (Phi) is 5.44. The molecule has 0 saturated carbocycles. The Morgan fingerprint density at radius 1 is 0.692 bits per heavy atom. The van der Waals surface area contributed by atoms with E-state index in [0.29, 0.717) is 23.5 Å². The summed E-state index contributed by atoms with van der Waals surface area (Å²) >= 11 is 0. The standard InChI is InChI=1S/C22H18O4/c1-2-25-21(23)18-12-14-20(15-13-18)26-22(24)19-10-8-17(9-11-19)16-6-4-3-5-7-16/h3-15H,2H2,1H3. The van der Waals surface area contributed by atoms with E-state index in [1.54, 1.807) is 43.3 Å². The van der Waals surface area contributed by atoms with Crippen LogP contribution < -0.4 is 4.74 Å². The van der Waals surface area contributed by atoms with E-state index in [2.05, 4.69) is 0 Å². The van der Waals surface area contributed by atoms with Crippen molar-refractivity contribution >= 4 is 11.9 Å². The highest BCUT2D eigenvalue weighted by molar-refractivity contribution is 5.92. The van der Waals surface area contributed by atoms with Gasteiger partial charge in [-0.3, -0.25) is 0 Å². The highest BCUT2D eigenvalue weighted by Gasteiger charge is 2.11. The monoisotopic (exact) mass is 346 g/mol. The number of carbonyl (C=O) groups excluding carboxylic acids is 2. The van der Waals surface area contributed by atoms with Gasteiger partial charge in [-0.25, -0.2) is 9.59 Å². The summed E-state index contributed by atoms with van der Waals surface area (Å²) in [5, 5.41) is 0. The molecule has 0 heterocycles. The smallest absolute Gasteiger partial charge is 0.343 e. The van der Waals surface area contributed by atoms with Crippen LogP contribution in [0.4, 0.5) is 0 Å². The second-order valence-electron chi connectivity index (χ2n) is 5.58. The number of rotatable bonds is 5. The van der Waals surface area contributed by atoms with Crippen LogP contribution in [0.2, 0.25) is 0 Å². The van der Waals surface area contributed by atoms with E-state index in [9.17, 15) is 9.59 Å². The maximum Gasteiger partial charge on any atom is 0.343 e. The molecule has 3 aromatic rings. The largest absolute Gasteiger partial charge is 0.462 e. The highest BCUT2D eigenvalue weighted by atomic mass is 16.5. The summed E-state index contributed by atoms with van der Waals surface area (Å²) in [6, 6.07) is 23.4. The van der Waals surface area contributed by atoms with Gasteiger partial charge in [-0.15, -0.1) is 0 Å². The molecule has 0 N–H and O–H groups in total. The van der Waals surface area contributed by atoms with E-state index >= 15 is 0 Å². The molecule has 0 radical (unpaired) electrons. The van der Waals surface area contributed by atoms with E-state index < -0.39 is 11.9 Å². The molecule has 26 heavy (non-hydrogen) atoms. The van der Waals surface area contributed by atoms with E-state index in [4.69, 9.17) is 9.47 Å². The molecule has 0 amide bonds. The van der Waals surface area contributed by atoms with E-state index in [1.807, 2.05) is 42.5 Å². The Labute approximate surface area is 152 Å². The third-order valence-corrected chi connectivity index (χ3v) is 3.80. The van der Waals surface area contributed by atoms with Gasteiger partial charge in [-0.1, -0.05) is 42.5 Å². The van der Waals surface area contributed by atoms with Gasteiger partial charge in [0.25, 0.3) is 0 Å². The molecule has 4 heteroatoms. The zero-order chi connectivity index (χ0) is 18.4. The minimum atomic E-state index is -0.450. The van der Waals surface area contributed by atoms with Crippen LogP contribution in [0.1, 0.15) is 27.6 Å². The first kappa shape index (κ1) is 17.4. The third-order valence-electron chi connectivity index (χ3n) is 3.80. The van der Waals surface area contributed by atoms with Crippen LogP contribution >= 0.6 is 0 Å². The van der Waals surface area contributed by atoms with Crippen molar-refractivity contribution in [2.75, 3.05) is 6.61 Å². The number of benzene rings is 3. The van der Waals surface area contributed by atoms with Gasteiger partial charge in [0.15, 0.2) is 0 Å². The summed E-state index contributed by atoms with van der Waals surface area (Å²) in [7, 11) is 0. The summed E-state index contributed by atoms with van der Waals surface area (Å²) in [5.41, 5.74) is 2.99. The van der Waals surface area contributed by atoms with Gasteiger partial charge in [0.2, 0.25) is 0 Å². The number of ether oxygens (including phenoxy) is 2. The first-order valence-corrected chi connectivity index (χ1v) is 8.32. The summed E-state index contributed by atoms with van der Waals surface area (Å²) < 4.78 is 10.3. The SMILES string of the molecule is CCOC(=O)c1ccc(OC(=O)c2ccc(-c3ccccc3)cc2)cc1. The second kappa shape index (κ2) is 8.12. The highest BCUT2D eigenvalue weighted by Crippen LogP contribution is 2.20. The van der Waals surface area contributed by atoms with Crippen molar-refractivity contribution in [2.24, 2.45) is 0 Å².